The standard InChI is InChI=1S/4C6H3N3O8.Al.Li/c4*10-5-2(7(12)13)1-3(8(14)15)6(11)4(5)9(16)17;;/h4*1,10-11H;;/q;;;;+3;+1/p-4. The summed E-state index contributed by atoms with van der Waals surface area (Å²) in [6.07, 6.45) is 0. The van der Waals surface area contributed by atoms with E-state index in [-0.39, 0.29) is 43.1 Å². The number of nitrogens with zero attached hydrogens (tertiary/aromatic N) is 12. The van der Waals surface area contributed by atoms with E-state index in [1.165, 1.54) is 0 Å². The van der Waals surface area contributed by atoms with Crippen LogP contribution >= 0.6 is 0 Å². The predicted molar refractivity (Wildman–Crippen MR) is 189 cm³/mol. The van der Waals surface area contributed by atoms with E-state index < -0.39 is 188 Å². The summed E-state index contributed by atoms with van der Waals surface area (Å²) in [6.45, 7) is 0. The molecule has 4 aromatic rings. The Balaban J connectivity index is 0.000000786. The Bertz CT molecular complexity index is 2840. The van der Waals surface area contributed by atoms with E-state index in [0.717, 1.165) is 0 Å². The van der Waals surface area contributed by atoms with Crippen LogP contribution in [0.3, 0.4) is 0 Å². The Morgan fingerprint density at radius 1 is 0.314 bits per heavy atom. The molecule has 0 radical (unpaired) electrons. The maximum absolute atomic E-state index is 12.9. The van der Waals surface area contributed by atoms with Gasteiger partial charge in [0.15, 0.2) is 0 Å². The van der Waals surface area contributed by atoms with Crippen LogP contribution in [0, 0.1) is 106 Å². The molecule has 4 rings (SSSR count). The monoisotopic (exact) mass is 1010 g/mol. The molecule has 70 heavy (non-hydrogen) atoms. The summed E-state index contributed by atoms with van der Waals surface area (Å²) in [5.74, 6) is -15.8. The molecule has 4 aromatic carbocycles. The molecule has 0 aromatic heterocycles. The van der Waals surface area contributed by atoms with Gasteiger partial charge in [0.1, 0.15) is 6.07 Å². The molecule has 46 heteroatoms. The molecule has 0 aliphatic rings. The number of hydrogen-bond acceptors (Lipinski definition) is 32. The molecular formula is C24H8AlLiN12O32. The number of rotatable bonds is 18. The molecule has 0 saturated heterocycles. The Morgan fingerprint density at radius 3 is 0.757 bits per heavy atom. The van der Waals surface area contributed by atoms with Gasteiger partial charge in [-0.05, 0) is 0 Å². The first-order valence-electron chi connectivity index (χ1n) is 15.8. The third-order valence-electron chi connectivity index (χ3n) is 7.60. The summed E-state index contributed by atoms with van der Waals surface area (Å²) in [7, 11) is 0. The van der Waals surface area contributed by atoms with Crippen LogP contribution in [0.1, 0.15) is 0 Å². The third-order valence-corrected chi connectivity index (χ3v) is 8.69. The normalized spacial score (nSPS) is 10.1. The largest absolute Gasteiger partial charge is 1.38 e. The van der Waals surface area contributed by atoms with Crippen molar-refractivity contribution in [3.8, 4) is 46.0 Å². The molecule has 4 N–H and O–H groups in total. The van der Waals surface area contributed by atoms with Crippen molar-refractivity contribution >= 4 is 83.4 Å². The van der Waals surface area contributed by atoms with Gasteiger partial charge in [-0.25, -0.2) is 0 Å². The van der Waals surface area contributed by atoms with Gasteiger partial charge >= 0.3 is 79.5 Å². The molecule has 0 amide bonds. The molecule has 0 aliphatic heterocycles. The molecule has 0 unspecified atom stereocenters. The van der Waals surface area contributed by atoms with Crippen molar-refractivity contribution in [2.45, 2.75) is 0 Å². The number of phenols is 4. The van der Waals surface area contributed by atoms with E-state index in [1.807, 2.05) is 0 Å². The summed E-state index contributed by atoms with van der Waals surface area (Å²) in [5, 5.41) is 186. The van der Waals surface area contributed by atoms with E-state index in [2.05, 4.69) is 11.7 Å². The number of aromatic hydroxyl groups is 4. The minimum absolute atomic E-state index is 0. The number of nitro benzene ring substituents is 9. The van der Waals surface area contributed by atoms with Gasteiger partial charge < -0.3 is 40.9 Å². The number of nitro groups is 9. The quantitative estimate of drug-likeness (QED) is 0.0440. The molecule has 0 saturated carbocycles. The zero-order chi connectivity index (χ0) is 53.0. The first-order chi connectivity index (χ1) is 31.8. The van der Waals surface area contributed by atoms with Crippen LogP contribution in [0.5, 0.6) is 46.0 Å². The smallest absolute Gasteiger partial charge is 0.863 e. The number of benzene rings is 4. The molecule has 0 bridgehead atoms. The predicted octanol–water partition coefficient (Wildman–Crippen LogP) is -2.92. The van der Waals surface area contributed by atoms with Gasteiger partial charge in [0, 0.05) is 0 Å². The summed E-state index contributed by atoms with van der Waals surface area (Å²) in [4.78, 5) is 119. The maximum Gasteiger partial charge on any atom is 1.38 e. The van der Waals surface area contributed by atoms with E-state index in [4.69, 9.17) is 5.11 Å². The molecule has 0 fully saturated rings. The van der Waals surface area contributed by atoms with E-state index >= 15 is 0 Å². The summed E-state index contributed by atoms with van der Waals surface area (Å²) in [5.41, 5.74) is -21.3. The Hall–Kier alpha value is -10.8. The average Bonchev–Trinajstić information content (AvgIpc) is 3.20. The number of hydrogen-bond donors (Lipinski definition) is 4. The van der Waals surface area contributed by atoms with Gasteiger partial charge in [0.25, 0.3) is 45.7 Å². The van der Waals surface area contributed by atoms with Crippen LogP contribution in [0.4, 0.5) is 68.2 Å². The summed E-state index contributed by atoms with van der Waals surface area (Å²) >= 11 is -5.64. The SMILES string of the molecule is O=[N+]([O-])c1cc([N+](=O)[O-])c(O)c([N+](=O)[O-])c1[O-].O=[N+]([O-])c1cc([N+](=O)[O][Al]([O][N+](=O)c2c([O-])c([N+](=O)[O-])cc([N+](=O)[O-])c2O)[O][N+](=O)c2c([O-])c([N+](=O)[O-])cc([N+](=O)[O-])c2O)c(O)c([N+](=O)[O-])c1[O-].[Li+]. The van der Waals surface area contributed by atoms with E-state index in [9.17, 15) is 141 Å². The van der Waals surface area contributed by atoms with Crippen LogP contribution in [-0.4, -0.2) is 94.7 Å². The van der Waals surface area contributed by atoms with Crippen LogP contribution in [0.15, 0.2) is 24.3 Å². The second kappa shape index (κ2) is 21.0. The average molecular weight is 1010 g/mol. The van der Waals surface area contributed by atoms with Crippen molar-refractivity contribution in [1.29, 1.82) is 0 Å². The van der Waals surface area contributed by atoms with Crippen molar-refractivity contribution in [3.05, 3.63) is 130 Å². The molecule has 0 heterocycles. The van der Waals surface area contributed by atoms with Gasteiger partial charge in [-0.2, -0.15) is 0 Å². The second-order valence-electron chi connectivity index (χ2n) is 11.5. The van der Waals surface area contributed by atoms with Crippen molar-refractivity contribution in [2.75, 3.05) is 0 Å². The molecule has 0 atom stereocenters. The Morgan fingerprint density at radius 2 is 0.514 bits per heavy atom. The second-order valence-corrected chi connectivity index (χ2v) is 12.7. The molecule has 360 valence electrons. The molecule has 44 nitrogen and oxygen atoms in total. The molecule has 0 aliphatic carbocycles. The van der Waals surface area contributed by atoms with Crippen LogP contribution < -0.4 is 39.3 Å². The van der Waals surface area contributed by atoms with Gasteiger partial charge in [0.2, 0.25) is 14.8 Å². The van der Waals surface area contributed by atoms with Crippen LogP contribution in [0.2, 0.25) is 0 Å². The first kappa shape index (κ1) is 55.3. The fourth-order valence-corrected chi connectivity index (χ4v) is 5.59. The summed E-state index contributed by atoms with van der Waals surface area (Å²) in [6, 6.07) is -0.341. The fourth-order valence-electron chi connectivity index (χ4n) is 4.69. The van der Waals surface area contributed by atoms with E-state index in [0.29, 0.717) is 0 Å². The van der Waals surface area contributed by atoms with E-state index in [1.54, 1.807) is 0 Å². The van der Waals surface area contributed by atoms with Gasteiger partial charge in [-0.15, -0.1) is 0 Å². The molecular weight excluding hydrogens is 1000 g/mol. The van der Waals surface area contributed by atoms with Gasteiger partial charge in [-0.3, -0.25) is 103 Å². The van der Waals surface area contributed by atoms with Crippen molar-refractivity contribution < 1.29 is 130 Å². The fraction of sp³-hybridized carbons (Fsp3) is 0. The van der Waals surface area contributed by atoms with Crippen molar-refractivity contribution in [3.63, 3.8) is 0 Å². The van der Waals surface area contributed by atoms with Gasteiger partial charge in [0.05, 0.1) is 100 Å². The minimum atomic E-state index is -5.64. The van der Waals surface area contributed by atoms with Gasteiger partial charge in [-0.1, -0.05) is 0 Å². The van der Waals surface area contributed by atoms with Crippen LogP contribution in [-0.2, 0) is 11.7 Å². The molecule has 0 spiro atoms. The Kier molecular flexibility index (Phi) is 16.6. The summed E-state index contributed by atoms with van der Waals surface area (Å²) < 4.78 is 13.0. The zero-order valence-electron chi connectivity index (χ0n) is 32.5. The van der Waals surface area contributed by atoms with Crippen molar-refractivity contribution in [2.24, 2.45) is 0 Å². The Labute approximate surface area is 389 Å². The van der Waals surface area contributed by atoms with Crippen molar-refractivity contribution in [1.82, 2.24) is 0 Å². The maximum atomic E-state index is 12.9. The topological polar surface area (TPSA) is 649 Å². The zero-order valence-corrected chi connectivity index (χ0v) is 33.6. The first-order valence-corrected chi connectivity index (χ1v) is 17.2. The third kappa shape index (κ3) is 10.8. The minimum Gasteiger partial charge on any atom is -0.863 e. The van der Waals surface area contributed by atoms with Crippen LogP contribution in [0.25, 0.3) is 0 Å². The number of phenolic OH excluding ortho intramolecular Hbond substituents is 4.